The number of carboxylic acids is 1. The van der Waals surface area contributed by atoms with Crippen LogP contribution in [0.25, 0.3) is 5.57 Å². The first-order chi connectivity index (χ1) is 11.5. The Hall–Kier alpha value is -2.59. The fraction of sp³-hybridized carbons (Fsp3) is 0.158. The highest BCUT2D eigenvalue weighted by Gasteiger charge is 2.34. The zero-order valence-corrected chi connectivity index (χ0v) is 14.1. The van der Waals surface area contributed by atoms with Crippen molar-refractivity contribution in [3.05, 3.63) is 81.9 Å². The number of halogens is 1. The highest BCUT2D eigenvalue weighted by molar-refractivity contribution is 6.30. The standard InChI is InChI=1S/C19H17ClN2O2/c1-11-16(15-5-3-4-10-21-15)18(13-6-8-14(20)9-7-13)17(19(23)24)12(2)22-11/h3-10,18,22H,1-2H3,(H,23,24). The maximum Gasteiger partial charge on any atom is 0.334 e. The summed E-state index contributed by atoms with van der Waals surface area (Å²) in [5, 5.41) is 13.6. The Morgan fingerprint density at radius 2 is 1.83 bits per heavy atom. The van der Waals surface area contributed by atoms with Crippen LogP contribution in [0.1, 0.15) is 31.0 Å². The van der Waals surface area contributed by atoms with Crippen molar-refractivity contribution >= 4 is 23.1 Å². The lowest BCUT2D eigenvalue weighted by atomic mass is 9.79. The number of allylic oxidation sites excluding steroid dienone is 3. The lowest BCUT2D eigenvalue weighted by Gasteiger charge is -2.30. The van der Waals surface area contributed by atoms with Crippen molar-refractivity contribution in [3.63, 3.8) is 0 Å². The van der Waals surface area contributed by atoms with E-state index in [0.29, 0.717) is 16.3 Å². The topological polar surface area (TPSA) is 62.2 Å². The highest BCUT2D eigenvalue weighted by atomic mass is 35.5. The average molecular weight is 341 g/mol. The third kappa shape index (κ3) is 2.93. The first-order valence-corrected chi connectivity index (χ1v) is 7.95. The Balaban J connectivity index is 2.23. The quantitative estimate of drug-likeness (QED) is 0.878. The molecule has 1 aromatic carbocycles. The Morgan fingerprint density at radius 1 is 1.12 bits per heavy atom. The number of nitrogens with one attached hydrogen (secondary N) is 1. The Labute approximate surface area is 145 Å². The molecular formula is C19H17ClN2O2. The Morgan fingerprint density at radius 3 is 2.42 bits per heavy atom. The molecule has 0 aliphatic carbocycles. The summed E-state index contributed by atoms with van der Waals surface area (Å²) in [4.78, 5) is 16.4. The summed E-state index contributed by atoms with van der Waals surface area (Å²) in [6, 6.07) is 12.9. The summed E-state index contributed by atoms with van der Waals surface area (Å²) in [6.07, 6.45) is 1.71. The normalized spacial score (nSPS) is 17.7. The van der Waals surface area contributed by atoms with E-state index < -0.39 is 11.9 Å². The second-order valence-electron chi connectivity index (χ2n) is 5.71. The molecule has 0 saturated carbocycles. The molecule has 5 heteroatoms. The predicted molar refractivity (Wildman–Crippen MR) is 94.5 cm³/mol. The summed E-state index contributed by atoms with van der Waals surface area (Å²) in [5.41, 5.74) is 4.35. The fourth-order valence-electron chi connectivity index (χ4n) is 3.13. The molecule has 1 aliphatic rings. The third-order valence-electron chi connectivity index (χ3n) is 4.13. The van der Waals surface area contributed by atoms with Crippen LogP contribution >= 0.6 is 11.6 Å². The minimum absolute atomic E-state index is 0.323. The maximum absolute atomic E-state index is 11.9. The fourth-order valence-corrected chi connectivity index (χ4v) is 3.25. The molecule has 1 aromatic heterocycles. The minimum atomic E-state index is -0.944. The Kier molecular flexibility index (Phi) is 4.40. The number of dihydropyridines is 1. The number of nitrogens with zero attached hydrogens (tertiary/aromatic N) is 1. The van der Waals surface area contributed by atoms with E-state index >= 15 is 0 Å². The zero-order chi connectivity index (χ0) is 17.3. The van der Waals surface area contributed by atoms with Crippen LogP contribution in [-0.2, 0) is 4.79 Å². The summed E-state index contributed by atoms with van der Waals surface area (Å²) in [5.74, 6) is -1.35. The van der Waals surface area contributed by atoms with E-state index in [1.807, 2.05) is 37.3 Å². The average Bonchev–Trinajstić information content (AvgIpc) is 2.55. The third-order valence-corrected chi connectivity index (χ3v) is 4.39. The minimum Gasteiger partial charge on any atom is -0.478 e. The summed E-state index contributed by atoms with van der Waals surface area (Å²) >= 11 is 6.00. The number of hydrogen-bond acceptors (Lipinski definition) is 3. The van der Waals surface area contributed by atoms with Gasteiger partial charge in [0.05, 0.1) is 11.3 Å². The number of aliphatic carboxylic acids is 1. The molecule has 4 nitrogen and oxygen atoms in total. The second-order valence-corrected chi connectivity index (χ2v) is 6.14. The van der Waals surface area contributed by atoms with E-state index in [-0.39, 0.29) is 0 Å². The van der Waals surface area contributed by atoms with Gasteiger partial charge in [-0.1, -0.05) is 29.8 Å². The second kappa shape index (κ2) is 6.49. The number of hydrogen-bond donors (Lipinski definition) is 2. The highest BCUT2D eigenvalue weighted by Crippen LogP contribution is 2.42. The van der Waals surface area contributed by atoms with E-state index in [2.05, 4.69) is 10.3 Å². The van der Waals surface area contributed by atoms with Gasteiger partial charge in [0, 0.05) is 34.1 Å². The first kappa shape index (κ1) is 16.3. The van der Waals surface area contributed by atoms with Crippen LogP contribution in [0.3, 0.4) is 0 Å². The van der Waals surface area contributed by atoms with Crippen LogP contribution in [0.5, 0.6) is 0 Å². The van der Waals surface area contributed by atoms with E-state index in [4.69, 9.17) is 11.6 Å². The number of aromatic nitrogens is 1. The van der Waals surface area contributed by atoms with Gasteiger partial charge >= 0.3 is 5.97 Å². The molecule has 0 saturated heterocycles. The smallest absolute Gasteiger partial charge is 0.334 e. The van der Waals surface area contributed by atoms with Gasteiger partial charge in [-0.25, -0.2) is 4.79 Å². The van der Waals surface area contributed by atoms with Crippen molar-refractivity contribution in [1.82, 2.24) is 10.3 Å². The summed E-state index contributed by atoms with van der Waals surface area (Å²) in [7, 11) is 0. The number of pyridine rings is 1. The van der Waals surface area contributed by atoms with Crippen molar-refractivity contribution in [2.45, 2.75) is 19.8 Å². The lowest BCUT2D eigenvalue weighted by molar-refractivity contribution is -0.132. The van der Waals surface area contributed by atoms with Gasteiger partial charge in [0.15, 0.2) is 0 Å². The molecule has 2 heterocycles. The molecule has 122 valence electrons. The van der Waals surface area contributed by atoms with Gasteiger partial charge < -0.3 is 10.4 Å². The van der Waals surface area contributed by atoms with Crippen molar-refractivity contribution in [2.75, 3.05) is 0 Å². The summed E-state index contributed by atoms with van der Waals surface area (Å²) in [6.45, 7) is 3.72. The van der Waals surface area contributed by atoms with Gasteiger partial charge in [0.2, 0.25) is 0 Å². The molecule has 0 fully saturated rings. The molecule has 0 bridgehead atoms. The van der Waals surface area contributed by atoms with Crippen LogP contribution < -0.4 is 5.32 Å². The predicted octanol–water partition coefficient (Wildman–Crippen LogP) is 4.21. The van der Waals surface area contributed by atoms with E-state index in [1.165, 1.54) is 0 Å². The SMILES string of the molecule is CC1=C(C(=O)O)C(c2ccc(Cl)cc2)C(c2ccccn2)=C(C)N1. The van der Waals surface area contributed by atoms with E-state index in [1.54, 1.807) is 25.3 Å². The van der Waals surface area contributed by atoms with Crippen LogP contribution in [0.2, 0.25) is 5.02 Å². The first-order valence-electron chi connectivity index (χ1n) is 7.57. The molecule has 24 heavy (non-hydrogen) atoms. The molecule has 2 aromatic rings. The van der Waals surface area contributed by atoms with Crippen molar-refractivity contribution in [1.29, 1.82) is 0 Å². The van der Waals surface area contributed by atoms with Gasteiger partial charge in [-0.05, 0) is 43.7 Å². The molecule has 0 radical (unpaired) electrons. The monoisotopic (exact) mass is 340 g/mol. The number of carbonyl (C=O) groups is 1. The van der Waals surface area contributed by atoms with Crippen molar-refractivity contribution < 1.29 is 9.90 Å². The summed E-state index contributed by atoms with van der Waals surface area (Å²) < 4.78 is 0. The van der Waals surface area contributed by atoms with Crippen LogP contribution in [0.15, 0.2) is 65.6 Å². The lowest BCUT2D eigenvalue weighted by Crippen LogP contribution is -2.27. The van der Waals surface area contributed by atoms with Gasteiger partial charge in [-0.3, -0.25) is 4.98 Å². The number of carboxylic acid groups (broad SMARTS) is 1. The zero-order valence-electron chi connectivity index (χ0n) is 13.4. The van der Waals surface area contributed by atoms with E-state index in [0.717, 1.165) is 22.5 Å². The van der Waals surface area contributed by atoms with Gasteiger partial charge in [0.25, 0.3) is 0 Å². The largest absolute Gasteiger partial charge is 0.478 e. The molecule has 2 N–H and O–H groups in total. The molecule has 1 atom stereocenters. The van der Waals surface area contributed by atoms with Gasteiger partial charge in [-0.15, -0.1) is 0 Å². The van der Waals surface area contributed by atoms with Gasteiger partial charge in [-0.2, -0.15) is 0 Å². The number of benzene rings is 1. The van der Waals surface area contributed by atoms with Crippen LogP contribution in [0, 0.1) is 0 Å². The Bertz CT molecular complexity index is 839. The van der Waals surface area contributed by atoms with Gasteiger partial charge in [0.1, 0.15) is 0 Å². The van der Waals surface area contributed by atoms with Crippen LogP contribution in [0.4, 0.5) is 0 Å². The van der Waals surface area contributed by atoms with E-state index in [9.17, 15) is 9.90 Å². The molecule has 3 rings (SSSR count). The number of rotatable bonds is 3. The van der Waals surface area contributed by atoms with Crippen LogP contribution in [-0.4, -0.2) is 16.1 Å². The molecule has 1 aliphatic heterocycles. The molecule has 1 unspecified atom stereocenters. The van der Waals surface area contributed by atoms with Crippen molar-refractivity contribution in [2.24, 2.45) is 0 Å². The maximum atomic E-state index is 11.9. The molecule has 0 spiro atoms. The van der Waals surface area contributed by atoms with Crippen molar-refractivity contribution in [3.8, 4) is 0 Å². The molecule has 0 amide bonds. The molecular weight excluding hydrogens is 324 g/mol.